The van der Waals surface area contributed by atoms with Crippen molar-refractivity contribution in [1.29, 1.82) is 0 Å². The summed E-state index contributed by atoms with van der Waals surface area (Å²) in [5.41, 5.74) is 1.10. The Hall–Kier alpha value is -2.53. The minimum Gasteiger partial charge on any atom is -0.342 e. The fraction of sp³-hybridized carbons (Fsp3) is 0.273. The Morgan fingerprint density at radius 2 is 1.41 bits per heavy atom. The minimum atomic E-state index is -0.544. The van der Waals surface area contributed by atoms with Gasteiger partial charge in [-0.2, -0.15) is 11.8 Å². The van der Waals surface area contributed by atoms with Crippen molar-refractivity contribution in [3.8, 4) is 0 Å². The second-order valence-corrected chi connectivity index (χ2v) is 7.89. The van der Waals surface area contributed by atoms with Gasteiger partial charge in [0.1, 0.15) is 12.1 Å². The van der Waals surface area contributed by atoms with Gasteiger partial charge in [0.05, 0.1) is 0 Å². The van der Waals surface area contributed by atoms with Crippen LogP contribution in [0.25, 0.3) is 21.5 Å². The minimum absolute atomic E-state index is 0.0850. The highest BCUT2D eigenvalue weighted by Crippen LogP contribution is 2.29. The first-order chi connectivity index (χ1) is 13.2. The van der Waals surface area contributed by atoms with Gasteiger partial charge in [-0.25, -0.2) is 0 Å². The first kappa shape index (κ1) is 17.9. The molecular weight excluding hydrogens is 356 g/mol. The molecule has 4 rings (SSSR count). The summed E-state index contributed by atoms with van der Waals surface area (Å²) >= 11 is 1.67. The molecule has 0 aliphatic carbocycles. The van der Waals surface area contributed by atoms with E-state index < -0.39 is 12.1 Å². The smallest absolute Gasteiger partial charge is 0.243 e. The van der Waals surface area contributed by atoms with Crippen molar-refractivity contribution in [1.82, 2.24) is 10.6 Å². The number of nitrogens with one attached hydrogen (secondary N) is 2. The number of carbonyl (C=O) groups is 2. The molecule has 2 amide bonds. The molecule has 3 aromatic carbocycles. The van der Waals surface area contributed by atoms with Crippen LogP contribution in [0.15, 0.2) is 54.6 Å². The van der Waals surface area contributed by atoms with E-state index in [4.69, 9.17) is 0 Å². The van der Waals surface area contributed by atoms with Crippen molar-refractivity contribution in [2.45, 2.75) is 24.9 Å². The Kier molecular flexibility index (Phi) is 5.03. The van der Waals surface area contributed by atoms with E-state index in [1.165, 1.54) is 0 Å². The Balaban J connectivity index is 1.69. The maximum absolute atomic E-state index is 12.7. The van der Waals surface area contributed by atoms with Crippen molar-refractivity contribution in [2.75, 3.05) is 12.0 Å². The van der Waals surface area contributed by atoms with Crippen LogP contribution in [-0.4, -0.2) is 35.9 Å². The van der Waals surface area contributed by atoms with Crippen molar-refractivity contribution in [2.24, 2.45) is 0 Å². The van der Waals surface area contributed by atoms with Gasteiger partial charge >= 0.3 is 0 Å². The number of hydrogen-bond donors (Lipinski definition) is 2. The molecule has 0 radical (unpaired) electrons. The third kappa shape index (κ3) is 3.52. The highest BCUT2D eigenvalue weighted by atomic mass is 32.2. The predicted octanol–water partition coefficient (Wildman–Crippen LogP) is 3.27. The number of benzene rings is 3. The van der Waals surface area contributed by atoms with E-state index in [9.17, 15) is 9.59 Å². The summed E-state index contributed by atoms with van der Waals surface area (Å²) < 4.78 is 0. The van der Waals surface area contributed by atoms with Crippen LogP contribution >= 0.6 is 11.8 Å². The fourth-order valence-electron chi connectivity index (χ4n) is 3.79. The molecule has 4 nitrogen and oxygen atoms in total. The molecule has 1 aliphatic rings. The number of rotatable bonds is 5. The average molecular weight is 378 g/mol. The van der Waals surface area contributed by atoms with Gasteiger partial charge in [0, 0.05) is 6.42 Å². The molecule has 0 aromatic heterocycles. The van der Waals surface area contributed by atoms with Gasteiger partial charge in [0.2, 0.25) is 11.8 Å². The highest BCUT2D eigenvalue weighted by Gasteiger charge is 2.33. The van der Waals surface area contributed by atoms with E-state index >= 15 is 0 Å². The van der Waals surface area contributed by atoms with Gasteiger partial charge in [0.25, 0.3) is 0 Å². The monoisotopic (exact) mass is 378 g/mol. The third-order valence-electron chi connectivity index (χ3n) is 5.17. The van der Waals surface area contributed by atoms with E-state index in [0.29, 0.717) is 12.8 Å². The van der Waals surface area contributed by atoms with Gasteiger partial charge in [-0.3, -0.25) is 9.59 Å². The number of hydrogen-bond acceptors (Lipinski definition) is 3. The summed E-state index contributed by atoms with van der Waals surface area (Å²) in [5.74, 6) is 0.660. The molecule has 1 fully saturated rings. The van der Waals surface area contributed by atoms with Crippen LogP contribution in [0, 0.1) is 0 Å². The highest BCUT2D eigenvalue weighted by molar-refractivity contribution is 7.98. The zero-order valence-electron chi connectivity index (χ0n) is 15.2. The summed E-state index contributed by atoms with van der Waals surface area (Å²) in [4.78, 5) is 25.1. The SMILES string of the molecule is CSCC[C@H]1NC(=O)[C@@H](Cc2c3ccccc3cc3ccccc23)NC1=O. The van der Waals surface area contributed by atoms with E-state index in [0.717, 1.165) is 32.9 Å². The molecule has 3 aromatic rings. The largest absolute Gasteiger partial charge is 0.342 e. The molecule has 0 spiro atoms. The van der Waals surface area contributed by atoms with Crippen LogP contribution in [0.2, 0.25) is 0 Å². The zero-order chi connectivity index (χ0) is 18.8. The Labute approximate surface area is 162 Å². The van der Waals surface area contributed by atoms with Crippen LogP contribution in [0.4, 0.5) is 0 Å². The topological polar surface area (TPSA) is 58.2 Å². The lowest BCUT2D eigenvalue weighted by Gasteiger charge is -2.30. The fourth-order valence-corrected chi connectivity index (χ4v) is 4.26. The summed E-state index contributed by atoms with van der Waals surface area (Å²) in [6, 6.07) is 17.6. The zero-order valence-corrected chi connectivity index (χ0v) is 16.0. The predicted molar refractivity (Wildman–Crippen MR) is 112 cm³/mol. The second-order valence-electron chi connectivity index (χ2n) is 6.91. The first-order valence-corrected chi connectivity index (χ1v) is 10.6. The van der Waals surface area contributed by atoms with Gasteiger partial charge in [0.15, 0.2) is 0 Å². The van der Waals surface area contributed by atoms with Crippen LogP contribution in [0.1, 0.15) is 12.0 Å². The van der Waals surface area contributed by atoms with Gasteiger partial charge in [-0.15, -0.1) is 0 Å². The Bertz CT molecular complexity index is 964. The lowest BCUT2D eigenvalue weighted by atomic mass is 9.91. The molecule has 2 atom stereocenters. The number of piperazine rings is 1. The first-order valence-electron chi connectivity index (χ1n) is 9.16. The maximum atomic E-state index is 12.7. The van der Waals surface area contributed by atoms with E-state index in [-0.39, 0.29) is 11.8 Å². The van der Waals surface area contributed by atoms with Crippen molar-refractivity contribution in [3.63, 3.8) is 0 Å². The molecular formula is C22H22N2O2S. The van der Waals surface area contributed by atoms with Crippen molar-refractivity contribution in [3.05, 3.63) is 60.2 Å². The normalized spacial score (nSPS) is 19.9. The van der Waals surface area contributed by atoms with E-state index in [1.54, 1.807) is 11.8 Å². The van der Waals surface area contributed by atoms with E-state index in [1.807, 2.05) is 30.5 Å². The molecule has 5 heteroatoms. The molecule has 27 heavy (non-hydrogen) atoms. The average Bonchev–Trinajstić information content (AvgIpc) is 2.69. The standard InChI is InChI=1S/C22H22N2O2S/c1-27-11-10-19-21(25)24-20(22(26)23-19)13-18-16-8-4-2-6-14(16)12-15-7-3-5-9-17(15)18/h2-9,12,19-20H,10-11,13H2,1H3,(H,23,26)(H,24,25)/t19-,20-/m1/s1. The number of thioether (sulfide) groups is 1. The van der Waals surface area contributed by atoms with Crippen LogP contribution < -0.4 is 10.6 Å². The quantitative estimate of drug-likeness (QED) is 0.670. The number of carbonyl (C=O) groups excluding carboxylic acids is 2. The Morgan fingerprint density at radius 3 is 2.04 bits per heavy atom. The molecule has 2 N–H and O–H groups in total. The van der Waals surface area contributed by atoms with Gasteiger partial charge < -0.3 is 10.6 Å². The second kappa shape index (κ2) is 7.61. The maximum Gasteiger partial charge on any atom is 0.243 e. The summed E-state index contributed by atoms with van der Waals surface area (Å²) in [6.45, 7) is 0. The Morgan fingerprint density at radius 1 is 0.852 bits per heavy atom. The van der Waals surface area contributed by atoms with E-state index in [2.05, 4.69) is 41.0 Å². The third-order valence-corrected chi connectivity index (χ3v) is 5.81. The van der Waals surface area contributed by atoms with Crippen LogP contribution in [0.3, 0.4) is 0 Å². The summed E-state index contributed by atoms with van der Waals surface area (Å²) in [6.07, 6.45) is 3.13. The van der Waals surface area contributed by atoms with Crippen molar-refractivity contribution >= 4 is 45.1 Å². The lowest BCUT2D eigenvalue weighted by molar-refractivity contribution is -0.136. The summed E-state index contributed by atoms with van der Waals surface area (Å²) in [7, 11) is 0. The number of amides is 2. The molecule has 1 saturated heterocycles. The molecule has 0 unspecified atom stereocenters. The molecule has 0 saturated carbocycles. The van der Waals surface area contributed by atoms with Crippen molar-refractivity contribution < 1.29 is 9.59 Å². The lowest BCUT2D eigenvalue weighted by Crippen LogP contribution is -2.62. The van der Waals surface area contributed by atoms with Gasteiger partial charge in [-0.05, 0) is 51.6 Å². The van der Waals surface area contributed by atoms with Gasteiger partial charge in [-0.1, -0.05) is 48.5 Å². The van der Waals surface area contributed by atoms with Crippen LogP contribution in [-0.2, 0) is 16.0 Å². The number of fused-ring (bicyclic) bond motifs is 2. The molecule has 138 valence electrons. The van der Waals surface area contributed by atoms with Crippen LogP contribution in [0.5, 0.6) is 0 Å². The molecule has 1 heterocycles. The summed E-state index contributed by atoms with van der Waals surface area (Å²) in [5, 5.41) is 10.4. The molecule has 1 aliphatic heterocycles. The molecule has 0 bridgehead atoms.